The predicted octanol–water partition coefficient (Wildman–Crippen LogP) is 1.50. The third-order valence-electron chi connectivity index (χ3n) is 3.59. The van der Waals surface area contributed by atoms with Crippen LogP contribution in [0.25, 0.3) is 0 Å². The van der Waals surface area contributed by atoms with Gasteiger partial charge in [-0.2, -0.15) is 32.5 Å². The molecule has 0 aromatic heterocycles. The van der Waals surface area contributed by atoms with Gasteiger partial charge in [0.1, 0.15) is 0 Å². The SMILES string of the molecule is CC1=[C-]C(C[Si](C)(C)C)C2=C1CCCC2.C[O-].C[O-].C[O-].[Ti+4]. The van der Waals surface area contributed by atoms with Crippen molar-refractivity contribution >= 4 is 8.07 Å². The van der Waals surface area contributed by atoms with Crippen molar-refractivity contribution in [2.24, 2.45) is 5.92 Å². The van der Waals surface area contributed by atoms with E-state index in [2.05, 4.69) is 32.6 Å². The first kappa shape index (κ1) is 27.2. The van der Waals surface area contributed by atoms with Crippen molar-refractivity contribution in [3.05, 3.63) is 22.8 Å². The fraction of sp³-hybridized carbons (Fsp3) is 0.765. The van der Waals surface area contributed by atoms with E-state index in [1.807, 2.05) is 0 Å². The summed E-state index contributed by atoms with van der Waals surface area (Å²) >= 11 is 0. The van der Waals surface area contributed by atoms with Gasteiger partial charge < -0.3 is 15.3 Å². The van der Waals surface area contributed by atoms with E-state index in [0.29, 0.717) is 5.92 Å². The van der Waals surface area contributed by atoms with Crippen LogP contribution in [-0.4, -0.2) is 29.4 Å². The Balaban J connectivity index is -0.000000463. The first-order valence-electron chi connectivity index (χ1n) is 7.52. The summed E-state index contributed by atoms with van der Waals surface area (Å²) in [4.78, 5) is 0. The summed E-state index contributed by atoms with van der Waals surface area (Å²) in [6, 6.07) is 1.41. The topological polar surface area (TPSA) is 69.2 Å². The van der Waals surface area contributed by atoms with E-state index in [1.165, 1.54) is 37.3 Å². The minimum absolute atomic E-state index is 0. The van der Waals surface area contributed by atoms with Gasteiger partial charge in [-0.15, -0.1) is 0 Å². The Hall–Kier alpha value is 0.291. The molecule has 2 aliphatic carbocycles. The smallest absolute Gasteiger partial charge is 0.857 e. The van der Waals surface area contributed by atoms with E-state index in [4.69, 9.17) is 15.3 Å². The summed E-state index contributed by atoms with van der Waals surface area (Å²) < 4.78 is 0. The molecule has 1 unspecified atom stereocenters. The van der Waals surface area contributed by atoms with Gasteiger partial charge in [-0.05, 0) is 6.42 Å². The Morgan fingerprint density at radius 3 is 1.86 bits per heavy atom. The third kappa shape index (κ3) is 9.43. The zero-order chi connectivity index (χ0) is 17.1. The van der Waals surface area contributed by atoms with Crippen LogP contribution in [0, 0.1) is 12.0 Å². The van der Waals surface area contributed by atoms with Crippen LogP contribution in [0.4, 0.5) is 0 Å². The van der Waals surface area contributed by atoms with E-state index in [1.54, 1.807) is 11.1 Å². The Morgan fingerprint density at radius 1 is 0.955 bits per heavy atom. The molecule has 0 N–H and O–H groups in total. The molecule has 0 spiro atoms. The van der Waals surface area contributed by atoms with Crippen molar-refractivity contribution in [2.75, 3.05) is 21.3 Å². The molecule has 0 heterocycles. The maximum Gasteiger partial charge on any atom is 4.00 e. The minimum atomic E-state index is -0.938. The molecule has 0 saturated heterocycles. The molecule has 0 bridgehead atoms. The van der Waals surface area contributed by atoms with E-state index in [9.17, 15) is 0 Å². The normalized spacial score (nSPS) is 19.0. The average Bonchev–Trinajstić information content (AvgIpc) is 2.80. The second-order valence-electron chi connectivity index (χ2n) is 6.30. The Morgan fingerprint density at radius 2 is 1.41 bits per heavy atom. The molecule has 2 rings (SSSR count). The van der Waals surface area contributed by atoms with Gasteiger partial charge in [0, 0.05) is 8.07 Å². The molecular formula is C17H32O3SiTi. The molecule has 22 heavy (non-hydrogen) atoms. The van der Waals surface area contributed by atoms with Crippen molar-refractivity contribution in [1.29, 1.82) is 0 Å². The standard InChI is InChI=1S/C14H23Si.3CH3O.Ti/c1-11-9-12(10-15(2,3)4)14-8-6-5-7-13(11)14;3*1-2;/h12H,5-8,10H2,1-4H3;3*1H3;/q4*-1;+4. The molecule has 0 aliphatic heterocycles. The average molecular weight is 360 g/mol. The van der Waals surface area contributed by atoms with Gasteiger partial charge in [0.15, 0.2) is 0 Å². The molecule has 0 radical (unpaired) electrons. The number of rotatable bonds is 2. The second kappa shape index (κ2) is 14.9. The maximum absolute atomic E-state index is 8.25. The van der Waals surface area contributed by atoms with Crippen LogP contribution in [0.2, 0.25) is 25.7 Å². The molecule has 0 aromatic rings. The largest absolute Gasteiger partial charge is 4.00 e. The molecule has 126 valence electrons. The van der Waals surface area contributed by atoms with Gasteiger partial charge in [0.05, 0.1) is 0 Å². The Kier molecular flexibility index (Phi) is 18.3. The van der Waals surface area contributed by atoms with Gasteiger partial charge >= 0.3 is 21.7 Å². The molecule has 0 saturated carbocycles. The fourth-order valence-electron chi connectivity index (χ4n) is 2.96. The van der Waals surface area contributed by atoms with Gasteiger partial charge in [0.25, 0.3) is 0 Å². The van der Waals surface area contributed by atoms with Crippen LogP contribution in [0.3, 0.4) is 0 Å². The molecule has 2 aliphatic rings. The van der Waals surface area contributed by atoms with Crippen molar-refractivity contribution in [3.63, 3.8) is 0 Å². The Labute approximate surface area is 153 Å². The number of hydrogen-bond donors (Lipinski definition) is 0. The van der Waals surface area contributed by atoms with E-state index < -0.39 is 8.07 Å². The molecule has 0 aromatic carbocycles. The molecule has 3 nitrogen and oxygen atoms in total. The monoisotopic (exact) mass is 360 g/mol. The Bertz CT molecular complexity index is 333. The van der Waals surface area contributed by atoms with Gasteiger partial charge in [-0.1, -0.05) is 57.8 Å². The van der Waals surface area contributed by atoms with Gasteiger partial charge in [0.2, 0.25) is 0 Å². The van der Waals surface area contributed by atoms with Crippen LogP contribution < -0.4 is 15.3 Å². The van der Waals surface area contributed by atoms with Crippen LogP contribution in [-0.2, 0) is 21.7 Å². The zero-order valence-electron chi connectivity index (χ0n) is 15.3. The second-order valence-corrected chi connectivity index (χ2v) is 11.8. The molecule has 5 heteroatoms. The van der Waals surface area contributed by atoms with Crippen LogP contribution in [0.5, 0.6) is 0 Å². The van der Waals surface area contributed by atoms with Gasteiger partial charge in [-0.3, -0.25) is 6.08 Å². The maximum atomic E-state index is 8.25. The van der Waals surface area contributed by atoms with Crippen molar-refractivity contribution in [2.45, 2.75) is 58.3 Å². The molecule has 0 amide bonds. The first-order chi connectivity index (χ1) is 9.97. The van der Waals surface area contributed by atoms with Crippen molar-refractivity contribution in [3.8, 4) is 0 Å². The summed E-state index contributed by atoms with van der Waals surface area (Å²) in [5.41, 5.74) is 4.93. The third-order valence-corrected chi connectivity index (χ3v) is 5.22. The van der Waals surface area contributed by atoms with E-state index in [0.717, 1.165) is 21.3 Å². The zero-order valence-corrected chi connectivity index (χ0v) is 17.9. The summed E-state index contributed by atoms with van der Waals surface area (Å²) in [6.07, 6.45) is 9.23. The number of hydrogen-bond acceptors (Lipinski definition) is 3. The van der Waals surface area contributed by atoms with E-state index in [-0.39, 0.29) is 21.7 Å². The first-order valence-corrected chi connectivity index (χ1v) is 11.2. The molecular weight excluding hydrogens is 328 g/mol. The van der Waals surface area contributed by atoms with Crippen LogP contribution >= 0.6 is 0 Å². The fourth-order valence-corrected chi connectivity index (χ4v) is 4.54. The van der Waals surface area contributed by atoms with Gasteiger partial charge in [-0.25, -0.2) is 5.57 Å². The quantitative estimate of drug-likeness (QED) is 0.554. The summed E-state index contributed by atoms with van der Waals surface area (Å²) in [6.45, 7) is 9.70. The van der Waals surface area contributed by atoms with Crippen molar-refractivity contribution in [1.82, 2.24) is 0 Å². The molecule has 1 atom stereocenters. The van der Waals surface area contributed by atoms with Crippen LogP contribution in [0.1, 0.15) is 32.6 Å². The molecule has 0 fully saturated rings. The summed E-state index contributed by atoms with van der Waals surface area (Å²) in [7, 11) is 1.31. The van der Waals surface area contributed by atoms with E-state index >= 15 is 0 Å². The predicted molar refractivity (Wildman–Crippen MR) is 87.3 cm³/mol. The summed E-state index contributed by atoms with van der Waals surface area (Å²) in [5, 5.41) is 24.8. The summed E-state index contributed by atoms with van der Waals surface area (Å²) in [5.74, 6) is 0.701. The van der Waals surface area contributed by atoms with Crippen molar-refractivity contribution < 1.29 is 37.0 Å². The number of allylic oxidation sites excluding steroid dienone is 4. The van der Waals surface area contributed by atoms with Crippen LogP contribution in [0.15, 0.2) is 16.7 Å². The minimum Gasteiger partial charge on any atom is -0.857 e.